The first-order valence-electron chi connectivity index (χ1n) is 5.33. The lowest BCUT2D eigenvalue weighted by Crippen LogP contribution is -2.09. The Morgan fingerprint density at radius 3 is 2.59 bits per heavy atom. The van der Waals surface area contributed by atoms with Crippen LogP contribution in [0.3, 0.4) is 0 Å². The van der Waals surface area contributed by atoms with Gasteiger partial charge in [0.25, 0.3) is 5.56 Å². The molecule has 0 amide bonds. The Hall–Kier alpha value is -1.26. The van der Waals surface area contributed by atoms with E-state index in [1.807, 2.05) is 24.3 Å². The van der Waals surface area contributed by atoms with Crippen LogP contribution >= 0.6 is 23.1 Å². The summed E-state index contributed by atoms with van der Waals surface area (Å²) in [6.07, 6.45) is 0.974. The topological polar surface area (TPSA) is 31.2 Å². The summed E-state index contributed by atoms with van der Waals surface area (Å²) in [6, 6.07) is 8.81. The van der Waals surface area contributed by atoms with E-state index in [9.17, 15) is 4.79 Å². The molecule has 0 N–H and O–H groups in total. The first-order valence-corrected chi connectivity index (χ1v) is 6.48. The molecular formula is C12H12ClNO2S. The van der Waals surface area contributed by atoms with Crippen molar-refractivity contribution in [3.63, 3.8) is 0 Å². The summed E-state index contributed by atoms with van der Waals surface area (Å²) in [5, 5.41) is 0. The maximum atomic E-state index is 11.6. The SMILES string of the molecule is CCCOc1ccc(-n2sc(Cl)cc2=O)cc1. The molecule has 0 atom stereocenters. The van der Waals surface area contributed by atoms with Crippen molar-refractivity contribution < 1.29 is 4.74 Å². The van der Waals surface area contributed by atoms with Crippen LogP contribution in [0.15, 0.2) is 35.1 Å². The summed E-state index contributed by atoms with van der Waals surface area (Å²) in [5.41, 5.74) is 0.693. The molecule has 1 heterocycles. The Bertz CT molecular complexity index is 544. The highest BCUT2D eigenvalue weighted by Gasteiger charge is 2.04. The summed E-state index contributed by atoms with van der Waals surface area (Å²) in [4.78, 5) is 11.6. The van der Waals surface area contributed by atoms with Crippen molar-refractivity contribution >= 4 is 23.1 Å². The van der Waals surface area contributed by atoms with Crippen molar-refractivity contribution in [2.24, 2.45) is 0 Å². The van der Waals surface area contributed by atoms with Crippen LogP contribution in [-0.2, 0) is 0 Å². The number of hydrogen-bond acceptors (Lipinski definition) is 3. The van der Waals surface area contributed by atoms with Gasteiger partial charge in [-0.05, 0) is 42.2 Å². The molecule has 1 aromatic carbocycles. The molecule has 0 aliphatic heterocycles. The zero-order valence-corrected chi connectivity index (χ0v) is 10.9. The molecule has 0 spiro atoms. The standard InChI is InChI=1S/C12H12ClNO2S/c1-2-7-16-10-5-3-9(4-6-10)14-12(15)8-11(13)17-14/h3-6,8H,2,7H2,1H3. The van der Waals surface area contributed by atoms with Crippen molar-refractivity contribution in [3.05, 3.63) is 45.0 Å². The van der Waals surface area contributed by atoms with E-state index >= 15 is 0 Å². The molecular weight excluding hydrogens is 258 g/mol. The zero-order valence-electron chi connectivity index (χ0n) is 9.35. The number of hydrogen-bond donors (Lipinski definition) is 0. The van der Waals surface area contributed by atoms with Gasteiger partial charge in [0.1, 0.15) is 10.1 Å². The van der Waals surface area contributed by atoms with Gasteiger partial charge in [0.15, 0.2) is 0 Å². The van der Waals surface area contributed by atoms with Gasteiger partial charge in [0, 0.05) is 6.07 Å². The lowest BCUT2D eigenvalue weighted by atomic mass is 10.3. The molecule has 0 saturated heterocycles. The molecule has 3 nitrogen and oxygen atoms in total. The monoisotopic (exact) mass is 269 g/mol. The number of ether oxygens (including phenoxy) is 1. The van der Waals surface area contributed by atoms with Gasteiger partial charge in [-0.3, -0.25) is 4.79 Å². The normalized spacial score (nSPS) is 10.5. The molecule has 0 radical (unpaired) electrons. The molecule has 0 bridgehead atoms. The van der Waals surface area contributed by atoms with E-state index in [2.05, 4.69) is 6.92 Å². The Morgan fingerprint density at radius 2 is 2.06 bits per heavy atom. The second kappa shape index (κ2) is 5.38. The first kappa shape index (κ1) is 12.2. The van der Waals surface area contributed by atoms with E-state index in [-0.39, 0.29) is 5.56 Å². The third-order valence-electron chi connectivity index (χ3n) is 2.16. The van der Waals surface area contributed by atoms with Gasteiger partial charge >= 0.3 is 0 Å². The Labute approximate surface area is 108 Å². The van der Waals surface area contributed by atoms with Crippen LogP contribution in [-0.4, -0.2) is 10.6 Å². The predicted octanol–water partition coefficient (Wildman–Crippen LogP) is 3.34. The first-order chi connectivity index (χ1) is 8.20. The highest BCUT2D eigenvalue weighted by molar-refractivity contribution is 7.11. The second-order valence-electron chi connectivity index (χ2n) is 3.51. The molecule has 1 aromatic heterocycles. The molecule has 17 heavy (non-hydrogen) atoms. The van der Waals surface area contributed by atoms with Crippen LogP contribution in [0.5, 0.6) is 5.75 Å². The summed E-state index contributed by atoms with van der Waals surface area (Å²) in [7, 11) is 0. The Balaban J connectivity index is 2.23. The van der Waals surface area contributed by atoms with E-state index in [1.54, 1.807) is 3.96 Å². The van der Waals surface area contributed by atoms with Crippen LogP contribution in [0, 0.1) is 0 Å². The highest BCUT2D eigenvalue weighted by atomic mass is 35.5. The molecule has 0 aliphatic carbocycles. The van der Waals surface area contributed by atoms with Gasteiger partial charge in [-0.15, -0.1) is 0 Å². The van der Waals surface area contributed by atoms with Crippen LogP contribution in [0.4, 0.5) is 0 Å². The molecule has 2 aromatic rings. The molecule has 5 heteroatoms. The number of halogens is 1. The summed E-state index contributed by atoms with van der Waals surface area (Å²) in [5.74, 6) is 0.811. The number of aromatic nitrogens is 1. The molecule has 2 rings (SSSR count). The predicted molar refractivity (Wildman–Crippen MR) is 70.7 cm³/mol. The van der Waals surface area contributed by atoms with E-state index in [4.69, 9.17) is 16.3 Å². The Kier molecular flexibility index (Phi) is 3.86. The molecule has 0 unspecified atom stereocenters. The molecule has 0 saturated carbocycles. The fourth-order valence-corrected chi connectivity index (χ4v) is 2.39. The quantitative estimate of drug-likeness (QED) is 0.852. The van der Waals surface area contributed by atoms with Crippen LogP contribution in [0.2, 0.25) is 4.34 Å². The van der Waals surface area contributed by atoms with E-state index in [0.717, 1.165) is 17.9 Å². The average molecular weight is 270 g/mol. The minimum atomic E-state index is -0.109. The smallest absolute Gasteiger partial charge is 0.266 e. The number of benzene rings is 1. The maximum Gasteiger partial charge on any atom is 0.266 e. The van der Waals surface area contributed by atoms with Crippen molar-refractivity contribution in [1.82, 2.24) is 3.96 Å². The highest BCUT2D eigenvalue weighted by Crippen LogP contribution is 2.19. The number of rotatable bonds is 4. The summed E-state index contributed by atoms with van der Waals surface area (Å²) < 4.78 is 7.51. The fourth-order valence-electron chi connectivity index (χ4n) is 1.39. The van der Waals surface area contributed by atoms with Crippen molar-refractivity contribution in [2.45, 2.75) is 13.3 Å². The van der Waals surface area contributed by atoms with E-state index in [1.165, 1.54) is 17.6 Å². The second-order valence-corrected chi connectivity index (χ2v) is 5.13. The van der Waals surface area contributed by atoms with Gasteiger partial charge < -0.3 is 4.74 Å². The third-order valence-corrected chi connectivity index (χ3v) is 3.34. The lowest BCUT2D eigenvalue weighted by molar-refractivity contribution is 0.317. The van der Waals surface area contributed by atoms with Crippen molar-refractivity contribution in [2.75, 3.05) is 6.61 Å². The van der Waals surface area contributed by atoms with Crippen LogP contribution in [0.1, 0.15) is 13.3 Å². The van der Waals surface area contributed by atoms with Gasteiger partial charge in [0.2, 0.25) is 0 Å². The van der Waals surface area contributed by atoms with E-state index in [0.29, 0.717) is 10.9 Å². The van der Waals surface area contributed by atoms with Gasteiger partial charge in [-0.2, -0.15) is 0 Å². The summed E-state index contributed by atoms with van der Waals surface area (Å²) in [6.45, 7) is 2.76. The zero-order chi connectivity index (χ0) is 12.3. The van der Waals surface area contributed by atoms with Gasteiger partial charge in [-0.1, -0.05) is 18.5 Å². The maximum absolute atomic E-state index is 11.6. The van der Waals surface area contributed by atoms with Crippen LogP contribution in [0.25, 0.3) is 5.69 Å². The Morgan fingerprint density at radius 1 is 1.35 bits per heavy atom. The minimum absolute atomic E-state index is 0.109. The van der Waals surface area contributed by atoms with Gasteiger partial charge in [0.05, 0.1) is 12.3 Å². The fraction of sp³-hybridized carbons (Fsp3) is 0.250. The summed E-state index contributed by atoms with van der Waals surface area (Å²) >= 11 is 7.01. The average Bonchev–Trinajstić information content (AvgIpc) is 2.66. The molecule has 0 aliphatic rings. The van der Waals surface area contributed by atoms with Crippen molar-refractivity contribution in [1.29, 1.82) is 0 Å². The largest absolute Gasteiger partial charge is 0.494 e. The van der Waals surface area contributed by atoms with E-state index < -0.39 is 0 Å². The lowest BCUT2D eigenvalue weighted by Gasteiger charge is -2.05. The third kappa shape index (κ3) is 2.90. The molecule has 0 fully saturated rings. The van der Waals surface area contributed by atoms with Gasteiger partial charge in [-0.25, -0.2) is 3.96 Å². The number of nitrogens with zero attached hydrogens (tertiary/aromatic N) is 1. The minimum Gasteiger partial charge on any atom is -0.494 e. The van der Waals surface area contributed by atoms with Crippen molar-refractivity contribution in [3.8, 4) is 11.4 Å². The van der Waals surface area contributed by atoms with Crippen LogP contribution < -0.4 is 10.3 Å². The molecule has 90 valence electrons.